The lowest BCUT2D eigenvalue weighted by Crippen LogP contribution is -2.38. The molecule has 1 aliphatic rings. The van der Waals surface area contributed by atoms with Crippen molar-refractivity contribution in [2.75, 3.05) is 33.9 Å². The van der Waals surface area contributed by atoms with Crippen molar-refractivity contribution in [1.29, 1.82) is 0 Å². The average molecular weight is 466 g/mol. The Labute approximate surface area is 204 Å². The average Bonchev–Trinajstić information content (AvgIpc) is 2.89. The summed E-state index contributed by atoms with van der Waals surface area (Å²) < 4.78 is 17.0. The Hall–Kier alpha value is -2.60. The molecule has 0 spiro atoms. The number of nitrogens with zero attached hydrogens (tertiary/aromatic N) is 1. The quantitative estimate of drug-likeness (QED) is 0.243. The molecular formula is C29H39NO4. The second-order valence-corrected chi connectivity index (χ2v) is 8.75. The van der Waals surface area contributed by atoms with E-state index in [-0.39, 0.29) is 12.9 Å². The van der Waals surface area contributed by atoms with Crippen LogP contribution in [0.15, 0.2) is 66.9 Å². The predicted molar refractivity (Wildman–Crippen MR) is 138 cm³/mol. The zero-order chi connectivity index (χ0) is 24.2. The summed E-state index contributed by atoms with van der Waals surface area (Å²) in [5.74, 6) is 1.28. The van der Waals surface area contributed by atoms with Gasteiger partial charge in [-0.05, 0) is 73.1 Å². The molecule has 0 radical (unpaired) electrons. The molecule has 0 bridgehead atoms. The number of aliphatic hydroxyl groups excluding tert-OH is 1. The van der Waals surface area contributed by atoms with E-state index in [1.807, 2.05) is 30.3 Å². The minimum Gasteiger partial charge on any atom is -0.489 e. The number of ether oxygens (including phenoxy) is 3. The fourth-order valence-electron chi connectivity index (χ4n) is 4.55. The highest BCUT2D eigenvalue weighted by atomic mass is 16.7. The molecule has 1 saturated heterocycles. The number of unbranched alkanes of at least 4 members (excludes halogenated alkanes) is 1. The Balaban J connectivity index is 1.73. The molecule has 0 atom stereocenters. The fraction of sp³-hybridized carbons (Fsp3) is 0.448. The fourth-order valence-corrected chi connectivity index (χ4v) is 4.55. The second kappa shape index (κ2) is 14.0. The monoisotopic (exact) mass is 465 g/mol. The topological polar surface area (TPSA) is 51.2 Å². The molecular weight excluding hydrogens is 426 g/mol. The molecule has 2 aromatic rings. The van der Waals surface area contributed by atoms with Crippen LogP contribution in [0.5, 0.6) is 5.75 Å². The van der Waals surface area contributed by atoms with Crippen molar-refractivity contribution in [3.05, 3.63) is 83.6 Å². The van der Waals surface area contributed by atoms with Gasteiger partial charge in [-0.2, -0.15) is 0 Å². The third-order valence-electron chi connectivity index (χ3n) is 6.48. The molecule has 1 heterocycles. The van der Waals surface area contributed by atoms with Gasteiger partial charge in [0.05, 0.1) is 0 Å². The SMILES string of the molecule is C=C/C(=C\c1ccc(OCc2ccccc2)cc1CCCCO)N1CCC(C(OC)OC)CC1. The summed E-state index contributed by atoms with van der Waals surface area (Å²) in [5, 5.41) is 9.25. The van der Waals surface area contributed by atoms with E-state index in [9.17, 15) is 5.11 Å². The summed E-state index contributed by atoms with van der Waals surface area (Å²) in [4.78, 5) is 2.39. The molecule has 2 aromatic carbocycles. The molecule has 1 fully saturated rings. The summed E-state index contributed by atoms with van der Waals surface area (Å²) in [6.07, 6.45) is 8.70. The van der Waals surface area contributed by atoms with E-state index in [4.69, 9.17) is 14.2 Å². The highest BCUT2D eigenvalue weighted by Gasteiger charge is 2.26. The first kappa shape index (κ1) is 26.0. The maximum Gasteiger partial charge on any atom is 0.159 e. The summed E-state index contributed by atoms with van der Waals surface area (Å²) in [6, 6.07) is 16.5. The molecule has 0 amide bonds. The van der Waals surface area contributed by atoms with Crippen molar-refractivity contribution in [2.24, 2.45) is 5.92 Å². The lowest BCUT2D eigenvalue weighted by Gasteiger charge is -2.36. The van der Waals surface area contributed by atoms with E-state index in [2.05, 4.69) is 41.8 Å². The van der Waals surface area contributed by atoms with Crippen molar-refractivity contribution in [2.45, 2.75) is 45.0 Å². The molecule has 5 nitrogen and oxygen atoms in total. The molecule has 0 saturated carbocycles. The Bertz CT molecular complexity index is 900. The summed E-state index contributed by atoms with van der Waals surface area (Å²) in [6.45, 7) is 6.74. The van der Waals surface area contributed by atoms with E-state index in [0.29, 0.717) is 12.5 Å². The summed E-state index contributed by atoms with van der Waals surface area (Å²) >= 11 is 0. The van der Waals surface area contributed by atoms with Crippen LogP contribution < -0.4 is 4.74 Å². The van der Waals surface area contributed by atoms with Crippen LogP contribution in [0.1, 0.15) is 42.4 Å². The van der Waals surface area contributed by atoms with Crippen LogP contribution >= 0.6 is 0 Å². The van der Waals surface area contributed by atoms with Gasteiger partial charge >= 0.3 is 0 Å². The van der Waals surface area contributed by atoms with Gasteiger partial charge in [0.1, 0.15) is 12.4 Å². The lowest BCUT2D eigenvalue weighted by molar-refractivity contribution is -0.145. The number of methoxy groups -OCH3 is 2. The normalized spacial score (nSPS) is 15.1. The maximum absolute atomic E-state index is 9.25. The smallest absolute Gasteiger partial charge is 0.159 e. The molecule has 0 aliphatic carbocycles. The van der Waals surface area contributed by atoms with Gasteiger partial charge in [0.25, 0.3) is 0 Å². The Morgan fingerprint density at radius 3 is 2.47 bits per heavy atom. The number of aryl methyl sites for hydroxylation is 1. The van der Waals surface area contributed by atoms with E-state index in [1.54, 1.807) is 14.2 Å². The first-order valence-corrected chi connectivity index (χ1v) is 12.2. The highest BCUT2D eigenvalue weighted by molar-refractivity contribution is 5.60. The molecule has 184 valence electrons. The number of hydrogen-bond acceptors (Lipinski definition) is 5. The van der Waals surface area contributed by atoms with Gasteiger partial charge in [-0.3, -0.25) is 0 Å². The molecule has 1 N–H and O–H groups in total. The third-order valence-corrected chi connectivity index (χ3v) is 6.48. The van der Waals surface area contributed by atoms with Crippen molar-refractivity contribution >= 4 is 6.08 Å². The van der Waals surface area contributed by atoms with E-state index in [1.165, 1.54) is 11.1 Å². The predicted octanol–water partition coefficient (Wildman–Crippen LogP) is 5.44. The summed E-state index contributed by atoms with van der Waals surface area (Å²) in [5.41, 5.74) is 4.68. The van der Waals surface area contributed by atoms with Crippen molar-refractivity contribution in [3.63, 3.8) is 0 Å². The Morgan fingerprint density at radius 1 is 1.09 bits per heavy atom. The molecule has 0 unspecified atom stereocenters. The molecule has 5 heteroatoms. The molecule has 0 aromatic heterocycles. The van der Waals surface area contributed by atoms with E-state index in [0.717, 1.165) is 62.2 Å². The minimum absolute atomic E-state index is 0.139. The van der Waals surface area contributed by atoms with Crippen LogP contribution in [0.4, 0.5) is 0 Å². The molecule has 34 heavy (non-hydrogen) atoms. The third kappa shape index (κ3) is 7.45. The first-order chi connectivity index (χ1) is 16.7. The van der Waals surface area contributed by atoms with Crippen LogP contribution in [0, 0.1) is 5.92 Å². The number of likely N-dealkylation sites (tertiary alicyclic amines) is 1. The number of rotatable bonds is 13. The van der Waals surface area contributed by atoms with Crippen LogP contribution in [-0.4, -0.2) is 50.2 Å². The van der Waals surface area contributed by atoms with Gasteiger partial charge < -0.3 is 24.2 Å². The van der Waals surface area contributed by atoms with Gasteiger partial charge in [-0.25, -0.2) is 0 Å². The Kier molecular flexibility index (Phi) is 10.7. The maximum atomic E-state index is 9.25. The zero-order valence-electron chi connectivity index (χ0n) is 20.6. The van der Waals surface area contributed by atoms with E-state index < -0.39 is 0 Å². The van der Waals surface area contributed by atoms with Gasteiger partial charge in [0, 0.05) is 45.5 Å². The van der Waals surface area contributed by atoms with Crippen LogP contribution in [0.2, 0.25) is 0 Å². The molecule has 3 rings (SSSR count). The second-order valence-electron chi connectivity index (χ2n) is 8.75. The highest BCUT2D eigenvalue weighted by Crippen LogP contribution is 2.28. The van der Waals surface area contributed by atoms with Crippen molar-refractivity contribution in [3.8, 4) is 5.75 Å². The minimum atomic E-state index is -0.139. The first-order valence-electron chi connectivity index (χ1n) is 12.2. The number of piperidine rings is 1. The van der Waals surface area contributed by atoms with Crippen molar-refractivity contribution < 1.29 is 19.3 Å². The number of allylic oxidation sites excluding steroid dienone is 1. The number of aliphatic hydroxyl groups is 1. The van der Waals surface area contributed by atoms with E-state index >= 15 is 0 Å². The largest absolute Gasteiger partial charge is 0.489 e. The summed E-state index contributed by atoms with van der Waals surface area (Å²) in [7, 11) is 3.42. The van der Waals surface area contributed by atoms with Crippen LogP contribution in [-0.2, 0) is 22.5 Å². The van der Waals surface area contributed by atoms with Gasteiger partial charge in [-0.15, -0.1) is 0 Å². The Morgan fingerprint density at radius 2 is 1.82 bits per heavy atom. The van der Waals surface area contributed by atoms with Gasteiger partial charge in [0.2, 0.25) is 0 Å². The van der Waals surface area contributed by atoms with Gasteiger partial charge in [-0.1, -0.05) is 43.0 Å². The number of hydrogen-bond donors (Lipinski definition) is 1. The van der Waals surface area contributed by atoms with Crippen LogP contribution in [0.3, 0.4) is 0 Å². The standard InChI is InChI=1S/C29H39NO4/c1-4-27(30-17-15-24(16-18-30)29(32-2)33-3)20-26-13-14-28(21-25(26)12-8-9-19-31)34-22-23-10-6-5-7-11-23/h4-7,10-11,13-14,20-21,24,29,31H,1,8-9,12,15-19,22H2,2-3H3/b27-20+. The zero-order valence-corrected chi connectivity index (χ0v) is 20.6. The van der Waals surface area contributed by atoms with Gasteiger partial charge in [0.15, 0.2) is 6.29 Å². The lowest BCUT2D eigenvalue weighted by atomic mass is 9.95. The molecule has 1 aliphatic heterocycles. The van der Waals surface area contributed by atoms with Crippen molar-refractivity contribution in [1.82, 2.24) is 4.90 Å². The number of benzene rings is 2. The van der Waals surface area contributed by atoms with Crippen LogP contribution in [0.25, 0.3) is 6.08 Å².